The fourth-order valence-electron chi connectivity index (χ4n) is 2.42. The minimum atomic E-state index is 0.802. The average Bonchev–Trinajstić information content (AvgIpc) is 2.50. The molecule has 1 aromatic carbocycles. The SMILES string of the molecule is CCCCCCCCCO[n+]1ccc2ccccc2c1. The molecule has 0 aliphatic heterocycles. The second-order valence-electron chi connectivity index (χ2n) is 5.39. The maximum atomic E-state index is 5.76. The zero-order valence-electron chi connectivity index (χ0n) is 12.6. The number of benzene rings is 1. The van der Waals surface area contributed by atoms with E-state index in [0.29, 0.717) is 0 Å². The van der Waals surface area contributed by atoms with E-state index in [4.69, 9.17) is 4.84 Å². The number of hydrogen-bond donors (Lipinski definition) is 0. The van der Waals surface area contributed by atoms with Crippen LogP contribution in [0.25, 0.3) is 10.8 Å². The summed E-state index contributed by atoms with van der Waals surface area (Å²) in [7, 11) is 0. The predicted octanol–water partition coefficient (Wildman–Crippen LogP) is 4.31. The maximum absolute atomic E-state index is 5.76. The van der Waals surface area contributed by atoms with Crippen molar-refractivity contribution in [2.45, 2.75) is 51.9 Å². The Labute approximate surface area is 122 Å². The minimum absolute atomic E-state index is 0.802. The van der Waals surface area contributed by atoms with E-state index >= 15 is 0 Å². The topological polar surface area (TPSA) is 13.1 Å². The Morgan fingerprint density at radius 1 is 0.850 bits per heavy atom. The molecule has 0 fully saturated rings. The van der Waals surface area contributed by atoms with Gasteiger partial charge in [0.05, 0.1) is 5.39 Å². The Kier molecular flexibility index (Phi) is 6.36. The zero-order chi connectivity index (χ0) is 14.0. The third-order valence-corrected chi connectivity index (χ3v) is 3.65. The number of nitrogens with zero attached hydrogens (tertiary/aromatic N) is 1. The van der Waals surface area contributed by atoms with E-state index in [1.165, 1.54) is 49.3 Å². The van der Waals surface area contributed by atoms with Crippen molar-refractivity contribution >= 4 is 10.8 Å². The highest BCUT2D eigenvalue weighted by molar-refractivity contribution is 5.80. The van der Waals surface area contributed by atoms with E-state index in [-0.39, 0.29) is 0 Å². The van der Waals surface area contributed by atoms with Gasteiger partial charge in [-0.2, -0.15) is 0 Å². The zero-order valence-corrected chi connectivity index (χ0v) is 12.6. The van der Waals surface area contributed by atoms with Gasteiger partial charge in [0, 0.05) is 10.8 Å². The lowest BCUT2D eigenvalue weighted by Crippen LogP contribution is -2.42. The molecule has 1 aromatic heterocycles. The van der Waals surface area contributed by atoms with Gasteiger partial charge in [-0.3, -0.25) is 4.84 Å². The van der Waals surface area contributed by atoms with Crippen molar-refractivity contribution in [1.82, 2.24) is 0 Å². The molecule has 0 spiro atoms. The first-order valence-electron chi connectivity index (χ1n) is 7.93. The summed E-state index contributed by atoms with van der Waals surface area (Å²) in [5.41, 5.74) is 0. The molecule has 2 aromatic rings. The van der Waals surface area contributed by atoms with Gasteiger partial charge >= 0.3 is 0 Å². The molecule has 108 valence electrons. The summed E-state index contributed by atoms with van der Waals surface area (Å²) in [6, 6.07) is 10.5. The lowest BCUT2D eigenvalue weighted by molar-refractivity contribution is -0.890. The van der Waals surface area contributed by atoms with Crippen molar-refractivity contribution in [2.75, 3.05) is 6.61 Å². The molecule has 0 amide bonds. The Morgan fingerprint density at radius 3 is 2.35 bits per heavy atom. The molecule has 2 rings (SSSR count). The highest BCUT2D eigenvalue weighted by Crippen LogP contribution is 2.09. The van der Waals surface area contributed by atoms with Gasteiger partial charge in [0.2, 0.25) is 12.4 Å². The first kappa shape index (κ1) is 14.8. The second-order valence-corrected chi connectivity index (χ2v) is 5.39. The van der Waals surface area contributed by atoms with Crippen LogP contribution in [0.15, 0.2) is 42.7 Å². The normalized spacial score (nSPS) is 10.8. The molecule has 0 radical (unpaired) electrons. The molecular formula is C18H26NO+. The molecule has 0 bridgehead atoms. The summed E-state index contributed by atoms with van der Waals surface area (Å²) in [5.74, 6) is 0. The summed E-state index contributed by atoms with van der Waals surface area (Å²) in [6.45, 7) is 3.06. The van der Waals surface area contributed by atoms with Crippen molar-refractivity contribution in [3.8, 4) is 0 Å². The van der Waals surface area contributed by atoms with Gasteiger partial charge in [0.15, 0.2) is 6.61 Å². The summed E-state index contributed by atoms with van der Waals surface area (Å²) in [4.78, 5) is 5.76. The molecule has 0 unspecified atom stereocenters. The number of pyridine rings is 1. The standard InChI is InChI=1S/C18H26NO/c1-2-3-4-5-6-7-10-15-20-19-14-13-17-11-8-9-12-18(17)16-19/h8-9,11-14,16H,2-7,10,15H2,1H3/q+1. The summed E-state index contributed by atoms with van der Waals surface area (Å²) in [5, 5.41) is 2.47. The van der Waals surface area contributed by atoms with Crippen LogP contribution in [0.3, 0.4) is 0 Å². The molecule has 0 aliphatic carbocycles. The van der Waals surface area contributed by atoms with Crippen molar-refractivity contribution in [3.63, 3.8) is 0 Å². The van der Waals surface area contributed by atoms with Crippen LogP contribution >= 0.6 is 0 Å². The first-order valence-corrected chi connectivity index (χ1v) is 7.93. The molecule has 0 atom stereocenters. The van der Waals surface area contributed by atoms with Crippen LogP contribution in [0.1, 0.15) is 51.9 Å². The molecule has 1 heterocycles. The van der Waals surface area contributed by atoms with E-state index < -0.39 is 0 Å². The fraction of sp³-hybridized carbons (Fsp3) is 0.500. The summed E-state index contributed by atoms with van der Waals surface area (Å²) in [6.07, 6.45) is 13.3. The average molecular weight is 272 g/mol. The molecule has 20 heavy (non-hydrogen) atoms. The van der Waals surface area contributed by atoms with Crippen LogP contribution in [-0.2, 0) is 0 Å². The Morgan fingerprint density at radius 2 is 1.55 bits per heavy atom. The molecule has 0 N–H and O–H groups in total. The highest BCUT2D eigenvalue weighted by Gasteiger charge is 2.03. The molecular weight excluding hydrogens is 246 g/mol. The number of aromatic nitrogens is 1. The Bertz CT molecular complexity index is 509. The lowest BCUT2D eigenvalue weighted by atomic mass is 10.1. The van der Waals surface area contributed by atoms with Crippen molar-refractivity contribution in [2.24, 2.45) is 0 Å². The van der Waals surface area contributed by atoms with Crippen LogP contribution < -0.4 is 9.57 Å². The molecule has 0 aliphatic rings. The quantitative estimate of drug-likeness (QED) is 0.490. The Hall–Kier alpha value is -1.57. The third-order valence-electron chi connectivity index (χ3n) is 3.65. The van der Waals surface area contributed by atoms with Gasteiger partial charge in [0.1, 0.15) is 0 Å². The number of fused-ring (bicyclic) bond motifs is 1. The van der Waals surface area contributed by atoms with E-state index in [1.807, 2.05) is 10.9 Å². The number of unbranched alkanes of at least 4 members (excludes halogenated alkanes) is 6. The third kappa shape index (κ3) is 4.84. The summed E-state index contributed by atoms with van der Waals surface area (Å²) >= 11 is 0. The monoisotopic (exact) mass is 272 g/mol. The molecule has 2 heteroatoms. The fourth-order valence-corrected chi connectivity index (χ4v) is 2.42. The predicted molar refractivity (Wildman–Crippen MR) is 83.6 cm³/mol. The van der Waals surface area contributed by atoms with Crippen LogP contribution in [0, 0.1) is 0 Å². The first-order chi connectivity index (χ1) is 9.90. The van der Waals surface area contributed by atoms with Gasteiger partial charge in [-0.05, 0) is 24.3 Å². The Balaban J connectivity index is 1.65. The van der Waals surface area contributed by atoms with E-state index in [2.05, 4.69) is 43.5 Å². The smallest absolute Gasteiger partial charge is 0.230 e. The van der Waals surface area contributed by atoms with Crippen molar-refractivity contribution in [3.05, 3.63) is 42.7 Å². The van der Waals surface area contributed by atoms with Gasteiger partial charge in [-0.1, -0.05) is 57.2 Å². The highest BCUT2D eigenvalue weighted by atomic mass is 16.7. The lowest BCUT2D eigenvalue weighted by Gasteiger charge is -2.01. The van der Waals surface area contributed by atoms with Crippen molar-refractivity contribution < 1.29 is 9.57 Å². The van der Waals surface area contributed by atoms with E-state index in [1.54, 1.807) is 0 Å². The van der Waals surface area contributed by atoms with Crippen LogP contribution in [0.4, 0.5) is 0 Å². The van der Waals surface area contributed by atoms with Gasteiger partial charge in [0.25, 0.3) is 0 Å². The molecule has 2 nitrogen and oxygen atoms in total. The van der Waals surface area contributed by atoms with Gasteiger partial charge < -0.3 is 0 Å². The van der Waals surface area contributed by atoms with E-state index in [0.717, 1.165) is 13.0 Å². The van der Waals surface area contributed by atoms with Crippen molar-refractivity contribution in [1.29, 1.82) is 0 Å². The van der Waals surface area contributed by atoms with E-state index in [9.17, 15) is 0 Å². The van der Waals surface area contributed by atoms with Gasteiger partial charge in [-0.25, -0.2) is 0 Å². The maximum Gasteiger partial charge on any atom is 0.230 e. The second kappa shape index (κ2) is 8.57. The largest absolute Gasteiger partial charge is 0.271 e. The molecule has 0 saturated carbocycles. The number of rotatable bonds is 9. The minimum Gasteiger partial charge on any atom is -0.271 e. The number of hydrogen-bond acceptors (Lipinski definition) is 1. The molecule has 0 saturated heterocycles. The van der Waals surface area contributed by atoms with Gasteiger partial charge in [-0.15, -0.1) is 0 Å². The van der Waals surface area contributed by atoms with Crippen LogP contribution in [0.2, 0.25) is 0 Å². The summed E-state index contributed by atoms with van der Waals surface area (Å²) < 4.78 is 1.83. The van der Waals surface area contributed by atoms with Crippen LogP contribution in [-0.4, -0.2) is 6.61 Å². The van der Waals surface area contributed by atoms with Crippen LogP contribution in [0.5, 0.6) is 0 Å².